The van der Waals surface area contributed by atoms with Crippen molar-refractivity contribution in [3.05, 3.63) is 64.7 Å². The number of rotatable bonds is 13. The number of ether oxygens (including phenoxy) is 3. The Balaban J connectivity index is 2.08. The summed E-state index contributed by atoms with van der Waals surface area (Å²) in [6.45, 7) is 9.38. The first-order valence-corrected chi connectivity index (χ1v) is 12.1. The molecule has 8 nitrogen and oxygen atoms in total. The number of hydrogen-bond acceptors (Lipinski definition) is 6. The second-order valence-corrected chi connectivity index (χ2v) is 9.08. The van der Waals surface area contributed by atoms with Gasteiger partial charge < -0.3 is 19.5 Å². The largest absolute Gasteiger partial charge is 0.493 e. The van der Waals surface area contributed by atoms with Crippen molar-refractivity contribution in [2.75, 3.05) is 13.7 Å². The molecular weight excluding hydrogens is 505 g/mol. The van der Waals surface area contributed by atoms with Crippen molar-refractivity contribution in [2.45, 2.75) is 39.3 Å². The lowest BCUT2D eigenvalue weighted by Crippen LogP contribution is -2.49. The summed E-state index contributed by atoms with van der Waals surface area (Å²) >= 11 is 12.0. The molecule has 0 fully saturated rings. The number of benzene rings is 2. The molecular formula is C26H31Cl2N3O5. The van der Waals surface area contributed by atoms with Crippen LogP contribution in [0.5, 0.6) is 17.2 Å². The summed E-state index contributed by atoms with van der Waals surface area (Å²) < 4.78 is 16.7. The normalized spacial score (nSPS) is 12.6. The van der Waals surface area contributed by atoms with E-state index in [2.05, 4.69) is 22.4 Å². The number of para-hydroxylation sites is 1. The van der Waals surface area contributed by atoms with E-state index in [1.54, 1.807) is 43.3 Å². The fraction of sp³-hybridized carbons (Fsp3) is 0.346. The van der Waals surface area contributed by atoms with Crippen molar-refractivity contribution in [2.24, 2.45) is 11.0 Å². The number of halogens is 2. The number of amides is 2. The van der Waals surface area contributed by atoms with Gasteiger partial charge in [0.2, 0.25) is 0 Å². The van der Waals surface area contributed by atoms with E-state index in [9.17, 15) is 9.59 Å². The second-order valence-electron chi connectivity index (χ2n) is 8.24. The van der Waals surface area contributed by atoms with Gasteiger partial charge in [0.25, 0.3) is 11.8 Å². The molecule has 2 aromatic rings. The van der Waals surface area contributed by atoms with Gasteiger partial charge in [-0.3, -0.25) is 9.59 Å². The summed E-state index contributed by atoms with van der Waals surface area (Å²) in [5.74, 6) is 0.485. The molecule has 10 heteroatoms. The zero-order chi connectivity index (χ0) is 26.7. The summed E-state index contributed by atoms with van der Waals surface area (Å²) in [4.78, 5) is 25.6. The van der Waals surface area contributed by atoms with Gasteiger partial charge in [-0.1, -0.05) is 55.8 Å². The van der Waals surface area contributed by atoms with Crippen LogP contribution in [0.3, 0.4) is 0 Å². The van der Waals surface area contributed by atoms with Crippen LogP contribution < -0.4 is 25.0 Å². The molecule has 0 saturated heterocycles. The Kier molecular flexibility index (Phi) is 11.6. The Hall–Kier alpha value is -3.23. The lowest BCUT2D eigenvalue weighted by molar-refractivity contribution is -0.132. The van der Waals surface area contributed by atoms with E-state index in [1.165, 1.54) is 19.4 Å². The number of methoxy groups -OCH3 is 1. The van der Waals surface area contributed by atoms with E-state index in [0.717, 1.165) is 0 Å². The van der Waals surface area contributed by atoms with Gasteiger partial charge in [-0.15, -0.1) is 0 Å². The van der Waals surface area contributed by atoms with Crippen molar-refractivity contribution < 1.29 is 23.8 Å². The molecule has 0 aromatic heterocycles. The lowest BCUT2D eigenvalue weighted by Gasteiger charge is -2.22. The summed E-state index contributed by atoms with van der Waals surface area (Å²) in [7, 11) is 1.53. The van der Waals surface area contributed by atoms with Gasteiger partial charge in [-0.25, -0.2) is 5.43 Å². The number of carbonyl (C=O) groups excluding carboxylic acids is 2. The summed E-state index contributed by atoms with van der Waals surface area (Å²) in [6, 6.07) is 9.17. The fourth-order valence-corrected chi connectivity index (χ4v) is 3.60. The first kappa shape index (κ1) is 29.0. The fourth-order valence-electron chi connectivity index (χ4n) is 3.14. The molecule has 0 saturated carbocycles. The van der Waals surface area contributed by atoms with Gasteiger partial charge in [0.05, 0.1) is 18.3 Å². The Morgan fingerprint density at radius 3 is 2.50 bits per heavy atom. The zero-order valence-corrected chi connectivity index (χ0v) is 22.2. The summed E-state index contributed by atoms with van der Waals surface area (Å²) in [5, 5.41) is 7.52. The molecule has 0 spiro atoms. The minimum atomic E-state index is -0.906. The van der Waals surface area contributed by atoms with Crippen LogP contribution in [0.2, 0.25) is 10.0 Å². The predicted molar refractivity (Wildman–Crippen MR) is 142 cm³/mol. The first-order valence-electron chi connectivity index (χ1n) is 11.3. The molecule has 0 radical (unpaired) electrons. The van der Waals surface area contributed by atoms with Crippen molar-refractivity contribution >= 4 is 41.2 Å². The Bertz CT molecular complexity index is 1090. The Labute approximate surface area is 221 Å². The molecule has 2 aromatic carbocycles. The van der Waals surface area contributed by atoms with E-state index in [-0.39, 0.29) is 17.5 Å². The van der Waals surface area contributed by atoms with E-state index < -0.39 is 24.0 Å². The highest BCUT2D eigenvalue weighted by molar-refractivity contribution is 6.35. The second kappa shape index (κ2) is 14.4. The van der Waals surface area contributed by atoms with Crippen LogP contribution in [0.15, 0.2) is 54.2 Å². The Morgan fingerprint density at radius 1 is 1.11 bits per heavy atom. The van der Waals surface area contributed by atoms with Crippen LogP contribution in [-0.2, 0) is 9.59 Å². The molecule has 36 heavy (non-hydrogen) atoms. The van der Waals surface area contributed by atoms with Crippen LogP contribution in [0, 0.1) is 5.92 Å². The molecule has 0 unspecified atom stereocenters. The van der Waals surface area contributed by atoms with Crippen LogP contribution in [-0.4, -0.2) is 43.9 Å². The molecule has 0 aliphatic rings. The van der Waals surface area contributed by atoms with Gasteiger partial charge in [-0.2, -0.15) is 5.10 Å². The lowest BCUT2D eigenvalue weighted by atomic mass is 10.0. The number of nitrogens with zero attached hydrogens (tertiary/aromatic N) is 1. The van der Waals surface area contributed by atoms with Crippen molar-refractivity contribution in [1.82, 2.24) is 10.7 Å². The van der Waals surface area contributed by atoms with Crippen LogP contribution in [0.4, 0.5) is 0 Å². The quantitative estimate of drug-likeness (QED) is 0.213. The molecule has 2 rings (SSSR count). The highest BCUT2D eigenvalue weighted by Gasteiger charge is 2.25. The standard InChI is InChI=1S/C26H31Cl2N3O5/c1-6-12-35-24-18(8-7-9-23(24)34-5)15-29-31-26(33)21(13-16(2)3)30-25(32)17(4)36-22-11-10-19(27)14-20(22)28/h6-11,14-17,21H,1,12-13H2,2-5H3,(H,30,32)(H,31,33)/b29-15-/t17-,21+/m1/s1. The summed E-state index contributed by atoms with van der Waals surface area (Å²) in [5.41, 5.74) is 3.09. The molecule has 2 N–H and O–H groups in total. The average molecular weight is 536 g/mol. The topological polar surface area (TPSA) is 98.2 Å². The van der Waals surface area contributed by atoms with E-state index in [0.29, 0.717) is 34.3 Å². The van der Waals surface area contributed by atoms with Crippen molar-refractivity contribution in [1.29, 1.82) is 0 Å². The highest BCUT2D eigenvalue weighted by Crippen LogP contribution is 2.30. The first-order chi connectivity index (χ1) is 17.2. The number of hydrogen-bond donors (Lipinski definition) is 2. The minimum absolute atomic E-state index is 0.129. The van der Waals surface area contributed by atoms with Gasteiger partial charge >= 0.3 is 0 Å². The van der Waals surface area contributed by atoms with Crippen molar-refractivity contribution in [3.8, 4) is 17.2 Å². The maximum absolute atomic E-state index is 12.9. The smallest absolute Gasteiger partial charge is 0.262 e. The maximum Gasteiger partial charge on any atom is 0.262 e. The molecule has 0 heterocycles. The van der Waals surface area contributed by atoms with Gasteiger partial charge in [0, 0.05) is 10.6 Å². The Morgan fingerprint density at radius 2 is 1.86 bits per heavy atom. The molecule has 0 aliphatic heterocycles. The monoisotopic (exact) mass is 535 g/mol. The minimum Gasteiger partial charge on any atom is -0.493 e. The third-order valence-corrected chi connectivity index (χ3v) is 5.39. The molecule has 0 aliphatic carbocycles. The van der Waals surface area contributed by atoms with Crippen LogP contribution in [0.1, 0.15) is 32.8 Å². The molecule has 194 valence electrons. The number of carbonyl (C=O) groups is 2. The molecule has 2 amide bonds. The third-order valence-electron chi connectivity index (χ3n) is 4.86. The number of nitrogens with one attached hydrogen (secondary N) is 2. The van der Waals surface area contributed by atoms with Gasteiger partial charge in [0.1, 0.15) is 18.4 Å². The van der Waals surface area contributed by atoms with Crippen LogP contribution in [0.25, 0.3) is 0 Å². The van der Waals surface area contributed by atoms with Gasteiger partial charge in [0.15, 0.2) is 17.6 Å². The van der Waals surface area contributed by atoms with Crippen molar-refractivity contribution in [3.63, 3.8) is 0 Å². The molecule has 0 bridgehead atoms. The van der Waals surface area contributed by atoms with E-state index >= 15 is 0 Å². The van der Waals surface area contributed by atoms with Crippen LogP contribution >= 0.6 is 23.2 Å². The SMILES string of the molecule is C=CCOc1c(/C=N\NC(=O)[C@H](CC(C)C)NC(=O)[C@@H](C)Oc2ccc(Cl)cc2Cl)cccc1OC. The predicted octanol–water partition coefficient (Wildman–Crippen LogP) is 5.02. The molecule has 2 atom stereocenters. The maximum atomic E-state index is 12.9. The average Bonchev–Trinajstić information content (AvgIpc) is 2.83. The van der Waals surface area contributed by atoms with E-state index in [1.807, 2.05) is 13.8 Å². The van der Waals surface area contributed by atoms with E-state index in [4.69, 9.17) is 37.4 Å². The zero-order valence-electron chi connectivity index (χ0n) is 20.7. The summed E-state index contributed by atoms with van der Waals surface area (Å²) in [6.07, 6.45) is 2.55. The highest BCUT2D eigenvalue weighted by atomic mass is 35.5. The third kappa shape index (κ3) is 8.77. The van der Waals surface area contributed by atoms with Gasteiger partial charge in [-0.05, 0) is 49.6 Å². The number of hydrazone groups is 1.